The van der Waals surface area contributed by atoms with Crippen LogP contribution in [0.3, 0.4) is 0 Å². The Balaban J connectivity index is 1.79. The quantitative estimate of drug-likeness (QED) is 0.591. The molecule has 0 aromatic carbocycles. The predicted octanol–water partition coefficient (Wildman–Crippen LogP) is 2.32. The number of hydrazine groups is 1. The van der Waals surface area contributed by atoms with Crippen molar-refractivity contribution < 1.29 is 0 Å². The van der Waals surface area contributed by atoms with Gasteiger partial charge in [-0.15, -0.1) is 0 Å². The number of hydrogen-bond acceptors (Lipinski definition) is 5. The van der Waals surface area contributed by atoms with Crippen LogP contribution >= 0.6 is 23.2 Å². The van der Waals surface area contributed by atoms with E-state index in [1.165, 1.54) is 19.4 Å². The molecule has 4 N–H and O–H groups in total. The second-order valence-corrected chi connectivity index (χ2v) is 5.89. The zero-order valence-corrected chi connectivity index (χ0v) is 12.0. The average molecular weight is 302 g/mol. The van der Waals surface area contributed by atoms with Gasteiger partial charge in [0.1, 0.15) is 5.82 Å². The fourth-order valence-electron chi connectivity index (χ4n) is 3.10. The highest BCUT2D eigenvalue weighted by Gasteiger charge is 2.37. The van der Waals surface area contributed by atoms with Crippen molar-refractivity contribution >= 4 is 34.8 Å². The maximum atomic E-state index is 6.19. The monoisotopic (exact) mass is 301 g/mol. The van der Waals surface area contributed by atoms with Crippen molar-refractivity contribution in [3.05, 3.63) is 16.1 Å². The van der Waals surface area contributed by atoms with Crippen molar-refractivity contribution in [2.45, 2.75) is 31.3 Å². The number of nitrogens with zero attached hydrogens (tertiary/aromatic N) is 2. The number of nitrogens with one attached hydrogen (secondary N) is 2. The first-order chi connectivity index (χ1) is 9.19. The summed E-state index contributed by atoms with van der Waals surface area (Å²) in [5, 5.41) is 4.39. The molecule has 1 aromatic rings. The molecule has 0 bridgehead atoms. The number of pyridine rings is 1. The molecule has 0 radical (unpaired) electrons. The molecule has 0 aliphatic carbocycles. The van der Waals surface area contributed by atoms with Crippen molar-refractivity contribution in [1.82, 2.24) is 9.88 Å². The summed E-state index contributed by atoms with van der Waals surface area (Å²) in [6, 6.07) is 2.66. The summed E-state index contributed by atoms with van der Waals surface area (Å²) in [6.07, 6.45) is 3.64. The second kappa shape index (κ2) is 5.32. The van der Waals surface area contributed by atoms with Gasteiger partial charge in [-0.3, -0.25) is 4.90 Å². The minimum absolute atomic E-state index is 0.402. The Hall–Kier alpha value is -0.750. The van der Waals surface area contributed by atoms with E-state index in [9.17, 15) is 0 Å². The average Bonchev–Trinajstić information content (AvgIpc) is 2.97. The van der Waals surface area contributed by atoms with Crippen LogP contribution in [0.15, 0.2) is 6.07 Å². The molecule has 0 saturated carbocycles. The van der Waals surface area contributed by atoms with Crippen molar-refractivity contribution in [1.29, 1.82) is 0 Å². The van der Waals surface area contributed by atoms with Crippen LogP contribution in [0.1, 0.15) is 19.3 Å². The third kappa shape index (κ3) is 2.48. The number of nitrogen functional groups attached to an aromatic ring is 1. The summed E-state index contributed by atoms with van der Waals surface area (Å²) < 4.78 is 0. The van der Waals surface area contributed by atoms with Crippen LogP contribution in [0.2, 0.25) is 10.0 Å². The number of aromatic nitrogens is 1. The molecule has 0 amide bonds. The van der Waals surface area contributed by atoms with E-state index in [-0.39, 0.29) is 0 Å². The Kier molecular flexibility index (Phi) is 3.71. The maximum Gasteiger partial charge on any atom is 0.161 e. The smallest absolute Gasteiger partial charge is 0.161 e. The lowest BCUT2D eigenvalue weighted by molar-refractivity contribution is 0.318. The molecule has 7 heteroatoms. The van der Waals surface area contributed by atoms with Gasteiger partial charge in [-0.25, -0.2) is 10.8 Å². The summed E-state index contributed by atoms with van der Waals surface area (Å²) in [5.41, 5.74) is 2.48. The zero-order chi connectivity index (χ0) is 13.4. The van der Waals surface area contributed by atoms with Crippen LogP contribution in [-0.2, 0) is 0 Å². The molecule has 2 fully saturated rings. The minimum atomic E-state index is 0.402. The number of halogens is 2. The molecule has 19 heavy (non-hydrogen) atoms. The first-order valence-electron chi connectivity index (χ1n) is 6.52. The summed E-state index contributed by atoms with van der Waals surface area (Å²) in [6.45, 7) is 2.36. The van der Waals surface area contributed by atoms with E-state index in [1.54, 1.807) is 6.07 Å². The summed E-state index contributed by atoms with van der Waals surface area (Å²) in [5.74, 6) is 6.48. The molecule has 5 nitrogen and oxygen atoms in total. The van der Waals surface area contributed by atoms with E-state index >= 15 is 0 Å². The van der Waals surface area contributed by atoms with Gasteiger partial charge in [0.15, 0.2) is 5.82 Å². The molecule has 2 aliphatic heterocycles. The highest BCUT2D eigenvalue weighted by atomic mass is 35.5. The Morgan fingerprint density at radius 1 is 1.21 bits per heavy atom. The van der Waals surface area contributed by atoms with E-state index in [0.29, 0.717) is 33.8 Å². The second-order valence-electron chi connectivity index (χ2n) is 5.08. The van der Waals surface area contributed by atoms with Crippen LogP contribution in [0.5, 0.6) is 0 Å². The number of anilines is 2. The van der Waals surface area contributed by atoms with Crippen LogP contribution in [0.25, 0.3) is 0 Å². The molecule has 3 rings (SSSR count). The standard InChI is InChI=1S/C12H17Cl2N5/c13-7-6-8(14)12(18-15)17-11(7)16-9-3-5-19-4-1-2-10(9)19/h6,9-10H,1-5,15H2,(H2,16,17,18). The van der Waals surface area contributed by atoms with Crippen LogP contribution in [0, 0.1) is 0 Å². The van der Waals surface area contributed by atoms with E-state index in [2.05, 4.69) is 20.6 Å². The van der Waals surface area contributed by atoms with E-state index in [0.717, 1.165) is 13.0 Å². The Labute approximate surface area is 122 Å². The summed E-state index contributed by atoms with van der Waals surface area (Å²) >= 11 is 12.2. The molecular formula is C12H17Cl2N5. The molecule has 3 heterocycles. The van der Waals surface area contributed by atoms with Gasteiger partial charge in [0.05, 0.1) is 10.0 Å². The first-order valence-corrected chi connectivity index (χ1v) is 7.28. The molecule has 1 aromatic heterocycles. The molecule has 104 valence electrons. The van der Waals surface area contributed by atoms with E-state index < -0.39 is 0 Å². The zero-order valence-electron chi connectivity index (χ0n) is 10.5. The lowest BCUT2D eigenvalue weighted by Crippen LogP contribution is -2.34. The molecule has 2 aliphatic rings. The molecule has 2 saturated heterocycles. The van der Waals surface area contributed by atoms with Gasteiger partial charge in [-0.1, -0.05) is 23.2 Å². The molecule has 2 unspecified atom stereocenters. The fraction of sp³-hybridized carbons (Fsp3) is 0.583. The van der Waals surface area contributed by atoms with Crippen molar-refractivity contribution in [3.8, 4) is 0 Å². The van der Waals surface area contributed by atoms with Crippen molar-refractivity contribution in [2.75, 3.05) is 23.8 Å². The van der Waals surface area contributed by atoms with Gasteiger partial charge < -0.3 is 10.7 Å². The van der Waals surface area contributed by atoms with Crippen LogP contribution < -0.4 is 16.6 Å². The highest BCUT2D eigenvalue weighted by molar-refractivity contribution is 6.37. The van der Waals surface area contributed by atoms with E-state index in [4.69, 9.17) is 29.0 Å². The van der Waals surface area contributed by atoms with Crippen molar-refractivity contribution in [2.24, 2.45) is 5.84 Å². The Morgan fingerprint density at radius 3 is 2.79 bits per heavy atom. The summed E-state index contributed by atoms with van der Waals surface area (Å²) in [4.78, 5) is 6.87. The number of fused-ring (bicyclic) bond motifs is 1. The Morgan fingerprint density at radius 2 is 2.00 bits per heavy atom. The van der Waals surface area contributed by atoms with Gasteiger partial charge in [0.25, 0.3) is 0 Å². The molecular weight excluding hydrogens is 285 g/mol. The number of hydrogen-bond donors (Lipinski definition) is 3. The predicted molar refractivity (Wildman–Crippen MR) is 78.7 cm³/mol. The first kappa shape index (κ1) is 13.2. The molecule has 2 atom stereocenters. The minimum Gasteiger partial charge on any atom is -0.364 e. The lowest BCUT2D eigenvalue weighted by Gasteiger charge is -2.22. The Bertz CT molecular complexity index is 481. The van der Waals surface area contributed by atoms with Gasteiger partial charge >= 0.3 is 0 Å². The van der Waals surface area contributed by atoms with Crippen LogP contribution in [0.4, 0.5) is 11.6 Å². The fourth-order valence-corrected chi connectivity index (χ4v) is 3.56. The van der Waals surface area contributed by atoms with Crippen molar-refractivity contribution in [3.63, 3.8) is 0 Å². The molecule has 0 spiro atoms. The van der Waals surface area contributed by atoms with Gasteiger partial charge in [0, 0.05) is 18.6 Å². The highest BCUT2D eigenvalue weighted by Crippen LogP contribution is 2.33. The number of nitrogens with two attached hydrogens (primary N) is 1. The van der Waals surface area contributed by atoms with E-state index in [1.807, 2.05) is 0 Å². The summed E-state index contributed by atoms with van der Waals surface area (Å²) in [7, 11) is 0. The van der Waals surface area contributed by atoms with Gasteiger partial charge in [0.2, 0.25) is 0 Å². The van der Waals surface area contributed by atoms with Crippen LogP contribution in [-0.4, -0.2) is 35.1 Å². The van der Waals surface area contributed by atoms with Gasteiger partial charge in [-0.05, 0) is 31.9 Å². The van der Waals surface area contributed by atoms with Gasteiger partial charge in [-0.2, -0.15) is 0 Å². The third-order valence-electron chi connectivity index (χ3n) is 3.99. The third-order valence-corrected chi connectivity index (χ3v) is 4.57. The SMILES string of the molecule is NNc1nc(NC2CCN3CCCC23)c(Cl)cc1Cl. The normalized spacial score (nSPS) is 26.5. The topological polar surface area (TPSA) is 66.2 Å². The lowest BCUT2D eigenvalue weighted by atomic mass is 10.1. The largest absolute Gasteiger partial charge is 0.364 e. The number of rotatable bonds is 3. The maximum absolute atomic E-state index is 6.19.